The topological polar surface area (TPSA) is 30.2 Å². The van der Waals surface area contributed by atoms with Crippen LogP contribution in [-0.4, -0.2) is 14.6 Å². The molecule has 0 saturated carbocycles. The number of hydrogen-bond acceptors (Lipinski definition) is 3. The van der Waals surface area contributed by atoms with Crippen LogP contribution in [-0.2, 0) is 0 Å². The van der Waals surface area contributed by atoms with Gasteiger partial charge in [0, 0.05) is 11.4 Å². The Kier molecular flexibility index (Phi) is 3.30. The average molecular weight is 306 g/mol. The summed E-state index contributed by atoms with van der Waals surface area (Å²) in [5, 5.41) is 7.44. The van der Waals surface area contributed by atoms with Crippen LogP contribution in [0.5, 0.6) is 0 Å². The molecule has 0 amide bonds. The van der Waals surface area contributed by atoms with Gasteiger partial charge in [0.2, 0.25) is 0 Å². The van der Waals surface area contributed by atoms with Crippen LogP contribution < -0.4 is 0 Å². The molecule has 0 radical (unpaired) electrons. The van der Waals surface area contributed by atoms with Crippen LogP contribution >= 0.6 is 22.9 Å². The number of halogens is 1. The van der Waals surface area contributed by atoms with Crippen molar-refractivity contribution < 1.29 is 0 Å². The minimum absolute atomic E-state index is 0.394. The molecule has 0 aliphatic carbocycles. The van der Waals surface area contributed by atoms with Crippen LogP contribution in [0.25, 0.3) is 16.1 Å². The number of hydrogen-bond donors (Lipinski definition) is 0. The Morgan fingerprint density at radius 2 is 2.05 bits per heavy atom. The number of aromatic nitrogens is 3. The summed E-state index contributed by atoms with van der Waals surface area (Å²) in [5.41, 5.74) is 5.10. The second-order valence-corrected chi connectivity index (χ2v) is 6.59. The van der Waals surface area contributed by atoms with Crippen LogP contribution in [0.3, 0.4) is 0 Å². The molecular formula is C15H16ClN3S. The summed E-state index contributed by atoms with van der Waals surface area (Å²) in [6.45, 7) is 8.37. The molecule has 0 saturated heterocycles. The summed E-state index contributed by atoms with van der Waals surface area (Å²) >= 11 is 7.92. The first kappa shape index (κ1) is 13.6. The van der Waals surface area contributed by atoms with Gasteiger partial charge in [-0.3, -0.25) is 0 Å². The Labute approximate surface area is 127 Å². The molecule has 0 aliphatic heterocycles. The fourth-order valence-electron chi connectivity index (χ4n) is 2.42. The van der Waals surface area contributed by atoms with Crippen LogP contribution in [0.2, 0.25) is 5.02 Å². The van der Waals surface area contributed by atoms with Gasteiger partial charge in [-0.25, -0.2) is 9.50 Å². The van der Waals surface area contributed by atoms with Crippen molar-refractivity contribution in [2.45, 2.75) is 33.6 Å². The van der Waals surface area contributed by atoms with E-state index < -0.39 is 0 Å². The van der Waals surface area contributed by atoms with Gasteiger partial charge < -0.3 is 0 Å². The summed E-state index contributed by atoms with van der Waals surface area (Å²) < 4.78 is 1.96. The first-order valence-corrected chi connectivity index (χ1v) is 7.85. The van der Waals surface area contributed by atoms with Crippen molar-refractivity contribution in [3.63, 3.8) is 0 Å². The molecular weight excluding hydrogens is 290 g/mol. The predicted molar refractivity (Wildman–Crippen MR) is 84.9 cm³/mol. The highest BCUT2D eigenvalue weighted by Crippen LogP contribution is 2.37. The van der Waals surface area contributed by atoms with E-state index in [4.69, 9.17) is 11.6 Å². The smallest absolute Gasteiger partial charge is 0.164 e. The Morgan fingerprint density at radius 1 is 1.30 bits per heavy atom. The predicted octanol–water partition coefficient (Wildman–Crippen LogP) is 4.85. The lowest BCUT2D eigenvalue weighted by atomic mass is 10.1. The molecule has 5 heteroatoms. The van der Waals surface area contributed by atoms with E-state index in [2.05, 4.69) is 30.0 Å². The minimum Gasteiger partial charge on any atom is -0.233 e. The van der Waals surface area contributed by atoms with Gasteiger partial charge in [0.1, 0.15) is 0 Å². The fraction of sp³-hybridized carbons (Fsp3) is 0.333. The van der Waals surface area contributed by atoms with Gasteiger partial charge in [-0.1, -0.05) is 25.4 Å². The largest absolute Gasteiger partial charge is 0.233 e. The molecule has 20 heavy (non-hydrogen) atoms. The number of fused-ring (bicyclic) bond motifs is 1. The zero-order chi connectivity index (χ0) is 14.4. The summed E-state index contributed by atoms with van der Waals surface area (Å²) in [5.74, 6) is 0.394. The third kappa shape index (κ3) is 2.03. The highest BCUT2D eigenvalue weighted by Gasteiger charge is 2.19. The molecule has 3 nitrogen and oxygen atoms in total. The molecule has 0 bridgehead atoms. The van der Waals surface area contributed by atoms with Crippen LogP contribution in [0, 0.1) is 13.8 Å². The van der Waals surface area contributed by atoms with Gasteiger partial charge in [0.05, 0.1) is 21.2 Å². The lowest BCUT2D eigenvalue weighted by Gasteiger charge is -2.09. The molecule has 0 spiro atoms. The molecule has 3 aromatic heterocycles. The molecule has 0 fully saturated rings. The van der Waals surface area contributed by atoms with Gasteiger partial charge in [-0.15, -0.1) is 11.3 Å². The van der Waals surface area contributed by atoms with Gasteiger partial charge in [-0.2, -0.15) is 5.10 Å². The van der Waals surface area contributed by atoms with E-state index >= 15 is 0 Å². The summed E-state index contributed by atoms with van der Waals surface area (Å²) in [7, 11) is 0. The monoisotopic (exact) mass is 305 g/mol. The Hall–Kier alpha value is -1.39. The molecule has 0 unspecified atom stereocenters. The first-order chi connectivity index (χ1) is 9.49. The maximum atomic E-state index is 6.29. The summed E-state index contributed by atoms with van der Waals surface area (Å²) in [4.78, 5) is 5.73. The standard InChI is InChI=1S/C15H16ClN3S/c1-8(2)12-7-9(3)17-15-13(10(4)18-19(12)15)14-11(16)5-6-20-14/h5-8H,1-4H3. The van der Waals surface area contributed by atoms with Crippen LogP contribution in [0.1, 0.15) is 36.8 Å². The van der Waals surface area contributed by atoms with E-state index in [-0.39, 0.29) is 0 Å². The third-order valence-corrected chi connectivity index (χ3v) is 4.71. The van der Waals surface area contributed by atoms with Crippen molar-refractivity contribution in [2.75, 3.05) is 0 Å². The van der Waals surface area contributed by atoms with Crippen molar-refractivity contribution in [3.8, 4) is 10.4 Å². The zero-order valence-electron chi connectivity index (χ0n) is 11.9. The van der Waals surface area contributed by atoms with Gasteiger partial charge >= 0.3 is 0 Å². The highest BCUT2D eigenvalue weighted by molar-refractivity contribution is 7.14. The molecule has 0 aliphatic rings. The number of aryl methyl sites for hydroxylation is 2. The van der Waals surface area contributed by atoms with Gasteiger partial charge in [-0.05, 0) is 37.3 Å². The van der Waals surface area contributed by atoms with Crippen molar-refractivity contribution >= 4 is 28.6 Å². The second-order valence-electron chi connectivity index (χ2n) is 5.27. The second kappa shape index (κ2) is 4.86. The minimum atomic E-state index is 0.394. The van der Waals surface area contributed by atoms with E-state index in [0.29, 0.717) is 5.92 Å². The molecule has 0 N–H and O–H groups in total. The van der Waals surface area contributed by atoms with E-state index in [1.165, 1.54) is 5.69 Å². The zero-order valence-corrected chi connectivity index (χ0v) is 13.5. The van der Waals surface area contributed by atoms with E-state index in [0.717, 1.165) is 32.5 Å². The van der Waals surface area contributed by atoms with Crippen molar-refractivity contribution in [1.29, 1.82) is 0 Å². The maximum absolute atomic E-state index is 6.29. The fourth-order valence-corrected chi connectivity index (χ4v) is 3.67. The van der Waals surface area contributed by atoms with Crippen molar-refractivity contribution in [1.82, 2.24) is 14.6 Å². The number of rotatable bonds is 2. The molecule has 3 aromatic rings. The SMILES string of the molecule is Cc1cc(C(C)C)n2nc(C)c(-c3sccc3Cl)c2n1. The molecule has 3 heterocycles. The first-order valence-electron chi connectivity index (χ1n) is 6.59. The van der Waals surface area contributed by atoms with Crippen molar-refractivity contribution in [3.05, 3.63) is 39.6 Å². The molecule has 3 rings (SSSR count). The van der Waals surface area contributed by atoms with Gasteiger partial charge in [0.15, 0.2) is 5.65 Å². The number of nitrogens with zero attached hydrogens (tertiary/aromatic N) is 3. The van der Waals surface area contributed by atoms with E-state index in [9.17, 15) is 0 Å². The van der Waals surface area contributed by atoms with Crippen LogP contribution in [0.15, 0.2) is 17.5 Å². The van der Waals surface area contributed by atoms with Crippen LogP contribution in [0.4, 0.5) is 0 Å². The molecule has 104 valence electrons. The van der Waals surface area contributed by atoms with E-state index in [1.807, 2.05) is 29.8 Å². The number of thiophene rings is 1. The molecule has 0 aromatic carbocycles. The lowest BCUT2D eigenvalue weighted by molar-refractivity contribution is 0.741. The Balaban J connectivity index is 2.40. The quantitative estimate of drug-likeness (QED) is 0.677. The Bertz CT molecular complexity index is 786. The maximum Gasteiger partial charge on any atom is 0.164 e. The molecule has 0 atom stereocenters. The normalized spacial score (nSPS) is 11.7. The average Bonchev–Trinajstić information content (AvgIpc) is 2.91. The highest BCUT2D eigenvalue weighted by atomic mass is 35.5. The van der Waals surface area contributed by atoms with E-state index in [1.54, 1.807) is 11.3 Å². The Morgan fingerprint density at radius 3 is 2.65 bits per heavy atom. The van der Waals surface area contributed by atoms with Crippen molar-refractivity contribution in [2.24, 2.45) is 0 Å². The summed E-state index contributed by atoms with van der Waals surface area (Å²) in [6.07, 6.45) is 0. The van der Waals surface area contributed by atoms with Gasteiger partial charge in [0.25, 0.3) is 0 Å². The summed E-state index contributed by atoms with van der Waals surface area (Å²) in [6, 6.07) is 4.02. The lowest BCUT2D eigenvalue weighted by Crippen LogP contribution is -2.03. The third-order valence-electron chi connectivity index (χ3n) is 3.36.